The van der Waals surface area contributed by atoms with Crippen LogP contribution in [0.25, 0.3) is 0 Å². The van der Waals surface area contributed by atoms with Gasteiger partial charge in [-0.25, -0.2) is 4.79 Å². The summed E-state index contributed by atoms with van der Waals surface area (Å²) in [5.41, 5.74) is 0. The SMILES string of the molecule is C#CCC(NC(=O)COc1ccccc1OC)C(=O)O. The molecule has 1 amide bonds. The summed E-state index contributed by atoms with van der Waals surface area (Å²) in [6.07, 6.45) is 4.95. The third-order valence-electron chi connectivity index (χ3n) is 2.38. The first-order valence-electron chi connectivity index (χ1n) is 5.80. The van der Waals surface area contributed by atoms with Crippen LogP contribution < -0.4 is 14.8 Å². The molecule has 0 heterocycles. The zero-order valence-corrected chi connectivity index (χ0v) is 11.0. The number of carboxylic acid groups (broad SMARTS) is 1. The predicted octanol–water partition coefficient (Wildman–Crippen LogP) is 0.667. The number of benzene rings is 1. The lowest BCUT2D eigenvalue weighted by Gasteiger charge is -2.13. The molecule has 6 heteroatoms. The molecule has 0 aliphatic heterocycles. The first kappa shape index (κ1) is 15.4. The van der Waals surface area contributed by atoms with E-state index in [4.69, 9.17) is 21.0 Å². The van der Waals surface area contributed by atoms with Crippen LogP contribution in [-0.4, -0.2) is 36.7 Å². The lowest BCUT2D eigenvalue weighted by molar-refractivity contribution is -0.141. The summed E-state index contributed by atoms with van der Waals surface area (Å²) in [6.45, 7) is -0.325. The summed E-state index contributed by atoms with van der Waals surface area (Å²) in [4.78, 5) is 22.4. The highest BCUT2D eigenvalue weighted by molar-refractivity contribution is 5.84. The highest BCUT2D eigenvalue weighted by Crippen LogP contribution is 2.25. The normalized spacial score (nSPS) is 11.0. The molecule has 0 aromatic heterocycles. The Hall–Kier alpha value is -2.68. The van der Waals surface area contributed by atoms with Crippen LogP contribution in [0.3, 0.4) is 0 Å². The van der Waals surface area contributed by atoms with E-state index in [0.717, 1.165) is 0 Å². The highest BCUT2D eigenvalue weighted by Gasteiger charge is 2.19. The molecule has 0 bridgehead atoms. The Labute approximate surface area is 116 Å². The molecule has 1 aromatic carbocycles. The van der Waals surface area contributed by atoms with Crippen molar-refractivity contribution in [3.05, 3.63) is 24.3 Å². The lowest BCUT2D eigenvalue weighted by Crippen LogP contribution is -2.42. The predicted molar refractivity (Wildman–Crippen MR) is 71.5 cm³/mol. The number of nitrogens with one attached hydrogen (secondary N) is 1. The quantitative estimate of drug-likeness (QED) is 0.715. The van der Waals surface area contributed by atoms with Gasteiger partial charge in [-0.1, -0.05) is 12.1 Å². The van der Waals surface area contributed by atoms with Crippen LogP contribution in [0.15, 0.2) is 24.3 Å². The molecular weight excluding hydrogens is 262 g/mol. The molecule has 1 atom stereocenters. The van der Waals surface area contributed by atoms with E-state index in [1.54, 1.807) is 24.3 Å². The number of ether oxygens (including phenoxy) is 2. The van der Waals surface area contributed by atoms with E-state index in [2.05, 4.69) is 11.2 Å². The fraction of sp³-hybridized carbons (Fsp3) is 0.286. The Bertz CT molecular complexity index is 521. The molecule has 0 aliphatic carbocycles. The zero-order valence-electron chi connectivity index (χ0n) is 11.0. The van der Waals surface area contributed by atoms with Gasteiger partial charge >= 0.3 is 5.97 Å². The lowest BCUT2D eigenvalue weighted by atomic mass is 10.2. The molecule has 0 saturated heterocycles. The van der Waals surface area contributed by atoms with Gasteiger partial charge in [0.1, 0.15) is 6.04 Å². The third kappa shape index (κ3) is 4.53. The second-order valence-electron chi connectivity index (χ2n) is 3.81. The second kappa shape index (κ2) is 7.69. The van der Waals surface area contributed by atoms with Crippen LogP contribution in [0.5, 0.6) is 11.5 Å². The number of carbonyl (C=O) groups excluding carboxylic acids is 1. The number of hydrogen-bond donors (Lipinski definition) is 2. The maximum absolute atomic E-state index is 11.6. The smallest absolute Gasteiger partial charge is 0.327 e. The summed E-state index contributed by atoms with van der Waals surface area (Å²) in [5.74, 6) is 1.32. The van der Waals surface area contributed by atoms with Crippen LogP contribution in [0.4, 0.5) is 0 Å². The van der Waals surface area contributed by atoms with Crippen molar-refractivity contribution < 1.29 is 24.2 Å². The van der Waals surface area contributed by atoms with Gasteiger partial charge in [0.25, 0.3) is 5.91 Å². The highest BCUT2D eigenvalue weighted by atomic mass is 16.5. The van der Waals surface area contributed by atoms with E-state index in [0.29, 0.717) is 11.5 Å². The molecule has 0 saturated carbocycles. The fourth-order valence-electron chi connectivity index (χ4n) is 1.44. The standard InChI is InChI=1S/C14H15NO5/c1-3-6-10(14(17)18)15-13(16)9-20-12-8-5-4-7-11(12)19-2/h1,4-5,7-8,10H,6,9H2,2H3,(H,15,16)(H,17,18). The van der Waals surface area contributed by atoms with Gasteiger partial charge < -0.3 is 19.9 Å². The van der Waals surface area contributed by atoms with Crippen molar-refractivity contribution in [2.45, 2.75) is 12.5 Å². The molecule has 0 radical (unpaired) electrons. The molecule has 2 N–H and O–H groups in total. The average Bonchev–Trinajstić information content (AvgIpc) is 2.44. The Kier molecular flexibility index (Phi) is 5.91. The molecule has 0 aliphatic rings. The van der Waals surface area contributed by atoms with Gasteiger partial charge in [-0.15, -0.1) is 12.3 Å². The largest absolute Gasteiger partial charge is 0.493 e. The molecule has 1 unspecified atom stereocenters. The Balaban J connectivity index is 2.55. The van der Waals surface area contributed by atoms with Crippen LogP contribution in [0, 0.1) is 12.3 Å². The van der Waals surface area contributed by atoms with Crippen molar-refractivity contribution in [2.24, 2.45) is 0 Å². The zero-order chi connectivity index (χ0) is 15.0. The van der Waals surface area contributed by atoms with Gasteiger partial charge in [-0.2, -0.15) is 0 Å². The van der Waals surface area contributed by atoms with Crippen LogP contribution in [0.1, 0.15) is 6.42 Å². The summed E-state index contributed by atoms with van der Waals surface area (Å²) < 4.78 is 10.3. The molecule has 20 heavy (non-hydrogen) atoms. The summed E-state index contributed by atoms with van der Waals surface area (Å²) >= 11 is 0. The van der Waals surface area contributed by atoms with E-state index < -0.39 is 17.9 Å². The number of amides is 1. The number of aliphatic carboxylic acids is 1. The number of methoxy groups -OCH3 is 1. The Morgan fingerprint density at radius 1 is 1.40 bits per heavy atom. The van der Waals surface area contributed by atoms with Crippen LogP contribution >= 0.6 is 0 Å². The topological polar surface area (TPSA) is 84.9 Å². The van der Waals surface area contributed by atoms with Crippen molar-refractivity contribution in [1.29, 1.82) is 0 Å². The number of para-hydroxylation sites is 2. The minimum absolute atomic E-state index is 0.0876. The van der Waals surface area contributed by atoms with Gasteiger partial charge in [-0.05, 0) is 12.1 Å². The van der Waals surface area contributed by atoms with Crippen LogP contribution in [0.2, 0.25) is 0 Å². The average molecular weight is 277 g/mol. The molecule has 106 valence electrons. The van der Waals surface area contributed by atoms with E-state index >= 15 is 0 Å². The number of carbonyl (C=O) groups is 2. The number of rotatable bonds is 7. The van der Waals surface area contributed by atoms with Crippen molar-refractivity contribution in [1.82, 2.24) is 5.32 Å². The maximum Gasteiger partial charge on any atom is 0.327 e. The second-order valence-corrected chi connectivity index (χ2v) is 3.81. The number of terminal acetylenes is 1. The van der Waals surface area contributed by atoms with Gasteiger partial charge in [0.15, 0.2) is 18.1 Å². The molecule has 1 aromatic rings. The van der Waals surface area contributed by atoms with Crippen molar-refractivity contribution in [3.8, 4) is 23.8 Å². The minimum atomic E-state index is -1.19. The van der Waals surface area contributed by atoms with Crippen molar-refractivity contribution in [3.63, 3.8) is 0 Å². The van der Waals surface area contributed by atoms with Crippen molar-refractivity contribution in [2.75, 3.05) is 13.7 Å². The minimum Gasteiger partial charge on any atom is -0.493 e. The first-order chi connectivity index (χ1) is 9.58. The number of hydrogen-bond acceptors (Lipinski definition) is 4. The monoisotopic (exact) mass is 277 g/mol. The van der Waals surface area contributed by atoms with Gasteiger partial charge in [-0.3, -0.25) is 4.79 Å². The van der Waals surface area contributed by atoms with Gasteiger partial charge in [0.05, 0.1) is 7.11 Å². The molecule has 6 nitrogen and oxygen atoms in total. The van der Waals surface area contributed by atoms with E-state index in [1.165, 1.54) is 7.11 Å². The number of carboxylic acids is 1. The molecular formula is C14H15NO5. The van der Waals surface area contributed by atoms with Crippen LogP contribution in [-0.2, 0) is 9.59 Å². The molecule has 1 rings (SSSR count). The van der Waals surface area contributed by atoms with E-state index in [1.807, 2.05) is 0 Å². The van der Waals surface area contributed by atoms with Gasteiger partial charge in [0, 0.05) is 6.42 Å². The van der Waals surface area contributed by atoms with Crippen molar-refractivity contribution >= 4 is 11.9 Å². The third-order valence-corrected chi connectivity index (χ3v) is 2.38. The summed E-state index contributed by atoms with van der Waals surface area (Å²) in [7, 11) is 1.48. The molecule has 0 spiro atoms. The van der Waals surface area contributed by atoms with E-state index in [9.17, 15) is 9.59 Å². The fourth-order valence-corrected chi connectivity index (χ4v) is 1.44. The summed E-state index contributed by atoms with van der Waals surface area (Å²) in [6, 6.07) is 5.70. The Morgan fingerprint density at radius 3 is 2.60 bits per heavy atom. The first-order valence-corrected chi connectivity index (χ1v) is 5.80. The van der Waals surface area contributed by atoms with Gasteiger partial charge in [0.2, 0.25) is 0 Å². The summed E-state index contributed by atoms with van der Waals surface area (Å²) in [5, 5.41) is 11.1. The Morgan fingerprint density at radius 2 is 2.05 bits per heavy atom. The van der Waals surface area contributed by atoms with E-state index in [-0.39, 0.29) is 13.0 Å². The molecule has 0 fully saturated rings. The maximum atomic E-state index is 11.6.